The molecular weight excluding hydrogens is 336 g/mol. The summed E-state index contributed by atoms with van der Waals surface area (Å²) in [6.45, 7) is 1.46. The molecule has 0 radical (unpaired) electrons. The van der Waals surface area contributed by atoms with E-state index in [0.29, 0.717) is 12.8 Å². The SMILES string of the molecule is O=C1CCC2(CCN(C(=O)CC(c3ccccc3)c3ccccc3)CC2)N1. The second-order valence-electron chi connectivity index (χ2n) is 7.79. The number of hydrogen-bond acceptors (Lipinski definition) is 2. The minimum atomic E-state index is -0.0634. The molecular formula is C23H26N2O2. The molecule has 2 heterocycles. The van der Waals surface area contributed by atoms with Crippen LogP contribution in [0.1, 0.15) is 49.1 Å². The van der Waals surface area contributed by atoms with Gasteiger partial charge in [0.25, 0.3) is 0 Å². The molecule has 0 unspecified atom stereocenters. The number of nitrogens with zero attached hydrogens (tertiary/aromatic N) is 1. The maximum absolute atomic E-state index is 13.1. The minimum absolute atomic E-state index is 0.0634. The van der Waals surface area contributed by atoms with Gasteiger partial charge in [-0.25, -0.2) is 0 Å². The molecule has 0 aliphatic carbocycles. The van der Waals surface area contributed by atoms with Crippen LogP contribution in [0.2, 0.25) is 0 Å². The number of likely N-dealkylation sites (tertiary alicyclic amines) is 1. The molecule has 2 amide bonds. The predicted molar refractivity (Wildman–Crippen MR) is 105 cm³/mol. The van der Waals surface area contributed by atoms with Gasteiger partial charge in [0.1, 0.15) is 0 Å². The number of piperidine rings is 1. The Morgan fingerprint density at radius 3 is 1.96 bits per heavy atom. The van der Waals surface area contributed by atoms with Crippen LogP contribution in [-0.2, 0) is 9.59 Å². The molecule has 4 heteroatoms. The molecule has 2 aliphatic heterocycles. The van der Waals surface area contributed by atoms with Gasteiger partial charge in [-0.05, 0) is 30.4 Å². The first-order valence-electron chi connectivity index (χ1n) is 9.84. The Morgan fingerprint density at radius 2 is 1.48 bits per heavy atom. The molecule has 2 saturated heterocycles. The van der Waals surface area contributed by atoms with Gasteiger partial charge in [-0.2, -0.15) is 0 Å². The maximum Gasteiger partial charge on any atom is 0.223 e. The van der Waals surface area contributed by atoms with Crippen molar-refractivity contribution >= 4 is 11.8 Å². The fourth-order valence-corrected chi connectivity index (χ4v) is 4.44. The fourth-order valence-electron chi connectivity index (χ4n) is 4.44. The molecule has 0 atom stereocenters. The van der Waals surface area contributed by atoms with Crippen molar-refractivity contribution in [3.05, 3.63) is 71.8 Å². The molecule has 1 N–H and O–H groups in total. The number of carbonyl (C=O) groups is 2. The van der Waals surface area contributed by atoms with E-state index < -0.39 is 0 Å². The predicted octanol–water partition coefficient (Wildman–Crippen LogP) is 3.48. The lowest BCUT2D eigenvalue weighted by Gasteiger charge is -2.39. The van der Waals surface area contributed by atoms with Gasteiger partial charge in [-0.15, -0.1) is 0 Å². The topological polar surface area (TPSA) is 49.4 Å². The summed E-state index contributed by atoms with van der Waals surface area (Å²) in [5.41, 5.74) is 2.29. The molecule has 140 valence electrons. The molecule has 2 fully saturated rings. The van der Waals surface area contributed by atoms with E-state index in [1.54, 1.807) is 0 Å². The molecule has 0 bridgehead atoms. The second-order valence-corrected chi connectivity index (χ2v) is 7.79. The lowest BCUT2D eigenvalue weighted by molar-refractivity contribution is -0.133. The van der Waals surface area contributed by atoms with Crippen molar-refractivity contribution in [1.29, 1.82) is 0 Å². The van der Waals surface area contributed by atoms with Gasteiger partial charge < -0.3 is 10.2 Å². The van der Waals surface area contributed by atoms with Gasteiger partial charge in [0.05, 0.1) is 0 Å². The highest BCUT2D eigenvalue weighted by Gasteiger charge is 2.41. The van der Waals surface area contributed by atoms with E-state index in [0.717, 1.165) is 32.4 Å². The summed E-state index contributed by atoms with van der Waals surface area (Å²) in [6.07, 6.45) is 3.74. The van der Waals surface area contributed by atoms with Gasteiger partial charge in [-0.1, -0.05) is 60.7 Å². The van der Waals surface area contributed by atoms with Crippen LogP contribution in [-0.4, -0.2) is 35.3 Å². The zero-order valence-electron chi connectivity index (χ0n) is 15.6. The van der Waals surface area contributed by atoms with Gasteiger partial charge in [0.2, 0.25) is 11.8 Å². The fraction of sp³-hybridized carbons (Fsp3) is 0.391. The van der Waals surface area contributed by atoms with Crippen molar-refractivity contribution in [2.45, 2.75) is 43.6 Å². The normalized spacial score (nSPS) is 18.7. The van der Waals surface area contributed by atoms with E-state index in [2.05, 4.69) is 29.6 Å². The molecule has 4 nitrogen and oxygen atoms in total. The van der Waals surface area contributed by atoms with Crippen LogP contribution < -0.4 is 5.32 Å². The number of nitrogens with one attached hydrogen (secondary N) is 1. The Labute approximate surface area is 160 Å². The Kier molecular flexibility index (Phi) is 4.97. The molecule has 27 heavy (non-hydrogen) atoms. The van der Waals surface area contributed by atoms with Crippen molar-refractivity contribution in [1.82, 2.24) is 10.2 Å². The van der Waals surface area contributed by atoms with Gasteiger partial charge in [0.15, 0.2) is 0 Å². The lowest BCUT2D eigenvalue weighted by atomic mass is 9.85. The highest BCUT2D eigenvalue weighted by molar-refractivity contribution is 5.80. The van der Waals surface area contributed by atoms with Gasteiger partial charge >= 0.3 is 0 Å². The van der Waals surface area contributed by atoms with Crippen LogP contribution in [0, 0.1) is 0 Å². The van der Waals surface area contributed by atoms with Gasteiger partial charge in [0, 0.05) is 37.4 Å². The molecule has 0 aromatic heterocycles. The Morgan fingerprint density at radius 1 is 0.926 bits per heavy atom. The highest BCUT2D eigenvalue weighted by Crippen LogP contribution is 2.33. The summed E-state index contributed by atoms with van der Waals surface area (Å²) in [6, 6.07) is 20.5. The number of rotatable bonds is 4. The number of benzene rings is 2. The van der Waals surface area contributed by atoms with Crippen LogP contribution >= 0.6 is 0 Å². The van der Waals surface area contributed by atoms with Crippen molar-refractivity contribution in [3.8, 4) is 0 Å². The summed E-state index contributed by atoms with van der Waals surface area (Å²) in [5, 5.41) is 3.14. The molecule has 4 rings (SSSR count). The van der Waals surface area contributed by atoms with Crippen molar-refractivity contribution in [3.63, 3.8) is 0 Å². The smallest absolute Gasteiger partial charge is 0.223 e. The number of hydrogen-bond donors (Lipinski definition) is 1. The zero-order chi connectivity index (χ0) is 18.7. The third-order valence-electron chi connectivity index (χ3n) is 6.09. The lowest BCUT2D eigenvalue weighted by Crippen LogP contribution is -2.52. The van der Waals surface area contributed by atoms with E-state index in [-0.39, 0.29) is 23.3 Å². The van der Waals surface area contributed by atoms with E-state index in [1.807, 2.05) is 41.3 Å². The van der Waals surface area contributed by atoms with E-state index in [9.17, 15) is 9.59 Å². The summed E-state index contributed by atoms with van der Waals surface area (Å²) in [5.74, 6) is 0.428. The molecule has 1 spiro atoms. The first-order valence-corrected chi connectivity index (χ1v) is 9.84. The quantitative estimate of drug-likeness (QED) is 0.905. The number of carbonyl (C=O) groups excluding carboxylic acids is 2. The number of amides is 2. The monoisotopic (exact) mass is 362 g/mol. The van der Waals surface area contributed by atoms with E-state index in [1.165, 1.54) is 11.1 Å². The van der Waals surface area contributed by atoms with Crippen LogP contribution in [0.5, 0.6) is 0 Å². The maximum atomic E-state index is 13.1. The van der Waals surface area contributed by atoms with E-state index >= 15 is 0 Å². The van der Waals surface area contributed by atoms with Crippen molar-refractivity contribution in [2.24, 2.45) is 0 Å². The summed E-state index contributed by atoms with van der Waals surface area (Å²) in [4.78, 5) is 26.6. The standard InChI is InChI=1S/C23H26N2O2/c26-21-11-12-23(24-21)13-15-25(16-14-23)22(27)17-20(18-7-3-1-4-8-18)19-9-5-2-6-10-19/h1-10,20H,11-17H2,(H,24,26). The van der Waals surface area contributed by atoms with Crippen LogP contribution in [0.4, 0.5) is 0 Å². The third kappa shape index (κ3) is 3.90. The van der Waals surface area contributed by atoms with Crippen LogP contribution in [0.15, 0.2) is 60.7 Å². The Bertz CT molecular complexity index is 756. The van der Waals surface area contributed by atoms with Crippen molar-refractivity contribution in [2.75, 3.05) is 13.1 Å². The largest absolute Gasteiger partial charge is 0.351 e. The van der Waals surface area contributed by atoms with Crippen molar-refractivity contribution < 1.29 is 9.59 Å². The average Bonchev–Trinajstić information content (AvgIpc) is 3.08. The van der Waals surface area contributed by atoms with E-state index in [4.69, 9.17) is 0 Å². The van der Waals surface area contributed by atoms with Crippen LogP contribution in [0.25, 0.3) is 0 Å². The minimum Gasteiger partial charge on any atom is -0.351 e. The first kappa shape index (κ1) is 17.8. The average molecular weight is 362 g/mol. The summed E-state index contributed by atoms with van der Waals surface area (Å²) < 4.78 is 0. The Balaban J connectivity index is 1.46. The summed E-state index contributed by atoms with van der Waals surface area (Å²) in [7, 11) is 0. The highest BCUT2D eigenvalue weighted by atomic mass is 16.2. The molecule has 2 aromatic carbocycles. The van der Waals surface area contributed by atoms with Gasteiger partial charge in [-0.3, -0.25) is 9.59 Å². The molecule has 2 aliphatic rings. The Hall–Kier alpha value is -2.62. The first-order chi connectivity index (χ1) is 13.2. The zero-order valence-corrected chi connectivity index (χ0v) is 15.6. The molecule has 0 saturated carbocycles. The second kappa shape index (κ2) is 7.55. The van der Waals surface area contributed by atoms with Crippen LogP contribution in [0.3, 0.4) is 0 Å². The molecule has 2 aromatic rings. The third-order valence-corrected chi connectivity index (χ3v) is 6.09. The summed E-state index contributed by atoms with van der Waals surface area (Å²) >= 11 is 0.